The molecule has 0 radical (unpaired) electrons. The van der Waals surface area contributed by atoms with Crippen molar-refractivity contribution < 1.29 is 14.2 Å². The molecule has 0 amide bonds. The van der Waals surface area contributed by atoms with E-state index in [0.29, 0.717) is 34.6 Å². The third kappa shape index (κ3) is 3.35. The van der Waals surface area contributed by atoms with Crippen LogP contribution in [0.5, 0.6) is 23.0 Å². The minimum absolute atomic E-state index is 0.395. The quantitative estimate of drug-likeness (QED) is 0.915. The molecule has 0 unspecified atom stereocenters. The lowest BCUT2D eigenvalue weighted by Crippen LogP contribution is -1.97. The van der Waals surface area contributed by atoms with E-state index in [4.69, 9.17) is 31.5 Å². The normalized spacial score (nSPS) is 10.2. The van der Waals surface area contributed by atoms with Crippen LogP contribution in [0.2, 0.25) is 5.02 Å². The average Bonchev–Trinajstić information content (AvgIpc) is 2.47. The summed E-state index contributed by atoms with van der Waals surface area (Å²) in [4.78, 5) is 0. The maximum Gasteiger partial charge on any atom is 0.134 e. The highest BCUT2D eigenvalue weighted by Crippen LogP contribution is 2.32. The summed E-state index contributed by atoms with van der Waals surface area (Å²) in [5.74, 6) is 2.55. The number of benzene rings is 2. The van der Waals surface area contributed by atoms with E-state index in [9.17, 15) is 0 Å². The Morgan fingerprint density at radius 3 is 2.00 bits per heavy atom. The predicted molar refractivity (Wildman–Crippen MR) is 79.0 cm³/mol. The number of hydrogen-bond donors (Lipinski definition) is 1. The molecule has 0 aliphatic carbocycles. The summed E-state index contributed by atoms with van der Waals surface area (Å²) in [6.07, 6.45) is 0. The second kappa shape index (κ2) is 6.50. The molecule has 0 aromatic heterocycles. The van der Waals surface area contributed by atoms with Crippen molar-refractivity contribution in [3.05, 3.63) is 47.0 Å². The van der Waals surface area contributed by atoms with Gasteiger partial charge in [0.25, 0.3) is 0 Å². The first-order valence-electron chi connectivity index (χ1n) is 6.05. The maximum atomic E-state index is 6.10. The van der Waals surface area contributed by atoms with Gasteiger partial charge in [-0.1, -0.05) is 17.7 Å². The Morgan fingerprint density at radius 1 is 0.900 bits per heavy atom. The van der Waals surface area contributed by atoms with Crippen LogP contribution in [0.4, 0.5) is 0 Å². The van der Waals surface area contributed by atoms with E-state index in [1.807, 2.05) is 12.1 Å². The molecule has 0 atom stereocenters. The molecule has 0 saturated carbocycles. The van der Waals surface area contributed by atoms with E-state index in [1.54, 1.807) is 38.5 Å². The van der Waals surface area contributed by atoms with Crippen molar-refractivity contribution in [2.75, 3.05) is 14.2 Å². The molecule has 0 aliphatic heterocycles. The van der Waals surface area contributed by atoms with E-state index < -0.39 is 0 Å². The molecule has 5 heteroatoms. The van der Waals surface area contributed by atoms with Gasteiger partial charge >= 0.3 is 0 Å². The molecule has 0 spiro atoms. The minimum Gasteiger partial charge on any atom is -0.496 e. The molecule has 2 aromatic rings. The van der Waals surface area contributed by atoms with Crippen LogP contribution in [0.15, 0.2) is 36.4 Å². The molecular weight excluding hydrogens is 278 g/mol. The van der Waals surface area contributed by atoms with Crippen molar-refractivity contribution in [1.82, 2.24) is 0 Å². The SMILES string of the molecule is COc1cc(OC)cc(Oc2ccc(CN)c(Cl)c2)c1. The molecule has 4 nitrogen and oxygen atoms in total. The summed E-state index contributed by atoms with van der Waals surface area (Å²) in [7, 11) is 3.18. The van der Waals surface area contributed by atoms with E-state index in [1.165, 1.54) is 0 Å². The molecule has 0 heterocycles. The molecule has 0 saturated heterocycles. The number of methoxy groups -OCH3 is 2. The minimum atomic E-state index is 0.395. The molecule has 0 bridgehead atoms. The number of ether oxygens (including phenoxy) is 3. The van der Waals surface area contributed by atoms with E-state index in [-0.39, 0.29) is 0 Å². The van der Waals surface area contributed by atoms with Gasteiger partial charge in [-0.15, -0.1) is 0 Å². The van der Waals surface area contributed by atoms with Crippen molar-refractivity contribution in [3.8, 4) is 23.0 Å². The molecule has 20 heavy (non-hydrogen) atoms. The van der Waals surface area contributed by atoms with Gasteiger partial charge in [-0.05, 0) is 17.7 Å². The Kier molecular flexibility index (Phi) is 4.71. The summed E-state index contributed by atoms with van der Waals surface area (Å²) in [6, 6.07) is 10.7. The fourth-order valence-electron chi connectivity index (χ4n) is 1.73. The Hall–Kier alpha value is -1.91. The first-order chi connectivity index (χ1) is 9.66. The van der Waals surface area contributed by atoms with Gasteiger partial charge in [0.1, 0.15) is 23.0 Å². The van der Waals surface area contributed by atoms with Crippen LogP contribution in [0, 0.1) is 0 Å². The van der Waals surface area contributed by atoms with Crippen LogP contribution in [0.25, 0.3) is 0 Å². The van der Waals surface area contributed by atoms with Gasteiger partial charge in [-0.25, -0.2) is 0 Å². The van der Waals surface area contributed by atoms with Gasteiger partial charge in [0.15, 0.2) is 0 Å². The van der Waals surface area contributed by atoms with Crippen molar-refractivity contribution in [3.63, 3.8) is 0 Å². The Balaban J connectivity index is 2.27. The Labute approximate surface area is 123 Å². The number of rotatable bonds is 5. The van der Waals surface area contributed by atoms with Crippen LogP contribution in [0.3, 0.4) is 0 Å². The third-order valence-corrected chi connectivity index (χ3v) is 3.16. The molecule has 2 aromatic carbocycles. The maximum absolute atomic E-state index is 6.10. The summed E-state index contributed by atoms with van der Waals surface area (Å²) < 4.78 is 16.1. The highest BCUT2D eigenvalue weighted by molar-refractivity contribution is 6.31. The van der Waals surface area contributed by atoms with Gasteiger partial charge in [-0.3, -0.25) is 0 Å². The monoisotopic (exact) mass is 293 g/mol. The van der Waals surface area contributed by atoms with Crippen LogP contribution in [-0.4, -0.2) is 14.2 Å². The molecule has 0 fully saturated rings. The Bertz CT molecular complexity index is 579. The van der Waals surface area contributed by atoms with Gasteiger partial charge < -0.3 is 19.9 Å². The van der Waals surface area contributed by atoms with Gasteiger partial charge in [0, 0.05) is 29.8 Å². The van der Waals surface area contributed by atoms with Crippen LogP contribution in [-0.2, 0) is 6.54 Å². The average molecular weight is 294 g/mol. The van der Waals surface area contributed by atoms with Crippen LogP contribution < -0.4 is 19.9 Å². The highest BCUT2D eigenvalue weighted by atomic mass is 35.5. The van der Waals surface area contributed by atoms with Crippen LogP contribution >= 0.6 is 11.6 Å². The zero-order chi connectivity index (χ0) is 14.5. The van der Waals surface area contributed by atoms with Crippen molar-refractivity contribution in [2.45, 2.75) is 6.54 Å². The van der Waals surface area contributed by atoms with E-state index in [2.05, 4.69) is 0 Å². The first kappa shape index (κ1) is 14.5. The molecular formula is C15H16ClNO3. The van der Waals surface area contributed by atoms with Crippen LogP contribution in [0.1, 0.15) is 5.56 Å². The first-order valence-corrected chi connectivity index (χ1v) is 6.43. The van der Waals surface area contributed by atoms with Gasteiger partial charge in [0.2, 0.25) is 0 Å². The lowest BCUT2D eigenvalue weighted by Gasteiger charge is -2.11. The molecule has 2 N–H and O–H groups in total. The van der Waals surface area contributed by atoms with Crippen molar-refractivity contribution in [1.29, 1.82) is 0 Å². The molecule has 2 rings (SSSR count). The summed E-state index contributed by atoms with van der Waals surface area (Å²) in [5, 5.41) is 0.583. The molecule has 106 valence electrons. The highest BCUT2D eigenvalue weighted by Gasteiger charge is 2.06. The standard InChI is InChI=1S/C15H16ClNO3/c1-18-12-5-13(19-2)7-14(6-12)20-11-4-3-10(9-17)15(16)8-11/h3-8H,9,17H2,1-2H3. The zero-order valence-corrected chi connectivity index (χ0v) is 12.1. The van der Waals surface area contributed by atoms with E-state index in [0.717, 1.165) is 5.56 Å². The number of halogens is 1. The number of nitrogens with two attached hydrogens (primary N) is 1. The summed E-state index contributed by atoms with van der Waals surface area (Å²) in [6.45, 7) is 0.395. The van der Waals surface area contributed by atoms with E-state index >= 15 is 0 Å². The summed E-state index contributed by atoms with van der Waals surface area (Å²) >= 11 is 6.10. The largest absolute Gasteiger partial charge is 0.496 e. The van der Waals surface area contributed by atoms with Gasteiger partial charge in [-0.2, -0.15) is 0 Å². The predicted octanol–water partition coefficient (Wildman–Crippen LogP) is 3.61. The van der Waals surface area contributed by atoms with Crippen molar-refractivity contribution in [2.24, 2.45) is 5.73 Å². The smallest absolute Gasteiger partial charge is 0.134 e. The second-order valence-electron chi connectivity index (χ2n) is 4.11. The van der Waals surface area contributed by atoms with Crippen molar-refractivity contribution >= 4 is 11.6 Å². The summed E-state index contributed by atoms with van der Waals surface area (Å²) in [5.41, 5.74) is 6.45. The van der Waals surface area contributed by atoms with Gasteiger partial charge in [0.05, 0.1) is 14.2 Å². The third-order valence-electron chi connectivity index (χ3n) is 2.81. The molecule has 0 aliphatic rings. The number of hydrogen-bond acceptors (Lipinski definition) is 4. The Morgan fingerprint density at radius 2 is 1.50 bits per heavy atom. The lowest BCUT2D eigenvalue weighted by molar-refractivity contribution is 0.386. The topological polar surface area (TPSA) is 53.7 Å². The fourth-order valence-corrected chi connectivity index (χ4v) is 1.98. The second-order valence-corrected chi connectivity index (χ2v) is 4.51. The lowest BCUT2D eigenvalue weighted by atomic mass is 10.2. The fraction of sp³-hybridized carbons (Fsp3) is 0.200. The zero-order valence-electron chi connectivity index (χ0n) is 11.4.